The molecule has 18 heavy (non-hydrogen) atoms. The van der Waals surface area contributed by atoms with Crippen molar-refractivity contribution < 1.29 is 13.2 Å². The van der Waals surface area contributed by atoms with Crippen LogP contribution in [0.2, 0.25) is 0 Å². The van der Waals surface area contributed by atoms with Gasteiger partial charge in [-0.2, -0.15) is 0 Å². The lowest BCUT2D eigenvalue weighted by Gasteiger charge is -2.24. The van der Waals surface area contributed by atoms with Crippen molar-refractivity contribution in [1.29, 1.82) is 0 Å². The first-order valence-electron chi connectivity index (χ1n) is 6.43. The minimum atomic E-state index is -1.28. The van der Waals surface area contributed by atoms with Gasteiger partial charge in [-0.15, -0.1) is 0 Å². The van der Waals surface area contributed by atoms with Gasteiger partial charge in [0.15, 0.2) is 11.6 Å². The molecule has 0 bridgehead atoms. The minimum absolute atomic E-state index is 0.165. The van der Waals surface area contributed by atoms with Crippen LogP contribution in [0, 0.1) is 11.6 Å². The van der Waals surface area contributed by atoms with Crippen LogP contribution in [0.4, 0.5) is 13.2 Å². The number of hydrogen-bond donors (Lipinski definition) is 1. The molecule has 0 aromatic heterocycles. The Bertz CT molecular complexity index is 412. The van der Waals surface area contributed by atoms with E-state index in [4.69, 9.17) is 0 Å². The van der Waals surface area contributed by atoms with Crippen LogP contribution in [0.5, 0.6) is 0 Å². The molecule has 1 aromatic carbocycles. The minimum Gasteiger partial charge on any atom is -0.314 e. The average molecular weight is 257 g/mol. The van der Waals surface area contributed by atoms with E-state index >= 15 is 0 Å². The zero-order valence-corrected chi connectivity index (χ0v) is 10.5. The normalized spacial score (nSPS) is 21.9. The summed E-state index contributed by atoms with van der Waals surface area (Å²) in [5.74, 6) is -1.80. The molecular weight excluding hydrogens is 239 g/mol. The molecule has 0 radical (unpaired) electrons. The maximum atomic E-state index is 13.7. The molecule has 1 heterocycles. The van der Waals surface area contributed by atoms with E-state index in [-0.39, 0.29) is 17.2 Å². The molecule has 1 nitrogen and oxygen atoms in total. The Morgan fingerprint density at radius 2 is 2.11 bits per heavy atom. The fourth-order valence-corrected chi connectivity index (χ4v) is 2.41. The summed E-state index contributed by atoms with van der Waals surface area (Å²) in [5, 5.41) is 3.28. The van der Waals surface area contributed by atoms with E-state index in [1.807, 2.05) is 0 Å². The predicted octanol–water partition coefficient (Wildman–Crippen LogP) is 3.68. The molecule has 2 unspecified atom stereocenters. The topological polar surface area (TPSA) is 12.0 Å². The number of hydrogen-bond acceptors (Lipinski definition) is 1. The summed E-state index contributed by atoms with van der Waals surface area (Å²) >= 11 is 0. The molecule has 1 aromatic rings. The van der Waals surface area contributed by atoms with Crippen LogP contribution in [0.15, 0.2) is 12.1 Å². The van der Waals surface area contributed by atoms with Crippen LogP contribution in [0.3, 0.4) is 0 Å². The lowest BCUT2D eigenvalue weighted by molar-refractivity contribution is 0.367. The summed E-state index contributed by atoms with van der Waals surface area (Å²) in [5.41, 5.74) is 0.480. The van der Waals surface area contributed by atoms with E-state index in [2.05, 4.69) is 5.32 Å². The van der Waals surface area contributed by atoms with E-state index in [0.717, 1.165) is 31.9 Å². The number of halogens is 3. The van der Waals surface area contributed by atoms with Crippen LogP contribution < -0.4 is 5.32 Å². The monoisotopic (exact) mass is 257 g/mol. The van der Waals surface area contributed by atoms with Crippen LogP contribution in [0.1, 0.15) is 43.5 Å². The molecule has 0 aliphatic carbocycles. The third-order valence-electron chi connectivity index (χ3n) is 3.46. The largest absolute Gasteiger partial charge is 0.314 e. The molecule has 2 rings (SSSR count). The molecule has 0 amide bonds. The van der Waals surface area contributed by atoms with Gasteiger partial charge in [0, 0.05) is 6.04 Å². The second-order valence-electron chi connectivity index (χ2n) is 4.94. The summed E-state index contributed by atoms with van der Waals surface area (Å²) in [6, 6.07) is 2.55. The van der Waals surface area contributed by atoms with Crippen LogP contribution >= 0.6 is 0 Å². The second-order valence-corrected chi connectivity index (χ2v) is 4.94. The molecule has 1 N–H and O–H groups in total. The number of piperidine rings is 1. The van der Waals surface area contributed by atoms with Crippen molar-refractivity contribution >= 4 is 0 Å². The predicted molar refractivity (Wildman–Crippen MR) is 65.2 cm³/mol. The Kier molecular flexibility index (Phi) is 4.27. The molecule has 4 heteroatoms. The Balaban J connectivity index is 2.19. The molecule has 1 fully saturated rings. The van der Waals surface area contributed by atoms with Gasteiger partial charge in [0.1, 0.15) is 6.17 Å². The quantitative estimate of drug-likeness (QED) is 0.871. The highest BCUT2D eigenvalue weighted by Crippen LogP contribution is 2.24. The first-order chi connectivity index (χ1) is 8.58. The average Bonchev–Trinajstić information content (AvgIpc) is 2.35. The molecular formula is C14H18F3N. The van der Waals surface area contributed by atoms with Crippen molar-refractivity contribution in [3.8, 4) is 0 Å². The first kappa shape index (κ1) is 13.4. The van der Waals surface area contributed by atoms with Crippen LogP contribution in [-0.4, -0.2) is 12.6 Å². The Labute approximate surface area is 105 Å². The molecule has 2 atom stereocenters. The second kappa shape index (κ2) is 5.74. The summed E-state index contributed by atoms with van der Waals surface area (Å²) < 4.78 is 40.3. The molecule has 1 aliphatic rings. The molecule has 0 spiro atoms. The molecule has 100 valence electrons. The lowest BCUT2D eigenvalue weighted by Crippen LogP contribution is -2.35. The van der Waals surface area contributed by atoms with Crippen LogP contribution in [0.25, 0.3) is 0 Å². The highest BCUT2D eigenvalue weighted by Gasteiger charge is 2.19. The van der Waals surface area contributed by atoms with E-state index in [0.29, 0.717) is 6.42 Å². The van der Waals surface area contributed by atoms with Crippen molar-refractivity contribution in [3.63, 3.8) is 0 Å². The summed E-state index contributed by atoms with van der Waals surface area (Å²) in [7, 11) is 0. The van der Waals surface area contributed by atoms with Crippen molar-refractivity contribution in [2.24, 2.45) is 0 Å². The van der Waals surface area contributed by atoms with Gasteiger partial charge in [0.25, 0.3) is 0 Å². The Morgan fingerprint density at radius 1 is 1.33 bits per heavy atom. The summed E-state index contributed by atoms with van der Waals surface area (Å²) in [4.78, 5) is 0. The van der Waals surface area contributed by atoms with Crippen molar-refractivity contribution in [3.05, 3.63) is 34.9 Å². The van der Waals surface area contributed by atoms with Crippen molar-refractivity contribution in [1.82, 2.24) is 5.32 Å². The summed E-state index contributed by atoms with van der Waals surface area (Å²) in [6.07, 6.45) is 2.31. The van der Waals surface area contributed by atoms with E-state index in [1.54, 1.807) is 0 Å². The molecule has 1 aliphatic heterocycles. The maximum Gasteiger partial charge on any atom is 0.162 e. The fourth-order valence-electron chi connectivity index (χ4n) is 2.41. The zero-order chi connectivity index (χ0) is 13.1. The third-order valence-corrected chi connectivity index (χ3v) is 3.46. The number of nitrogens with one attached hydrogen (secondary N) is 1. The van der Waals surface area contributed by atoms with E-state index in [9.17, 15) is 13.2 Å². The van der Waals surface area contributed by atoms with Crippen LogP contribution in [-0.2, 0) is 6.42 Å². The van der Waals surface area contributed by atoms with Gasteiger partial charge in [-0.05, 0) is 56.0 Å². The van der Waals surface area contributed by atoms with Crippen molar-refractivity contribution in [2.75, 3.05) is 6.54 Å². The van der Waals surface area contributed by atoms with Gasteiger partial charge in [-0.1, -0.05) is 6.42 Å². The van der Waals surface area contributed by atoms with Gasteiger partial charge in [0.2, 0.25) is 0 Å². The highest BCUT2D eigenvalue weighted by atomic mass is 19.2. The maximum absolute atomic E-state index is 13.7. The van der Waals surface area contributed by atoms with Gasteiger partial charge >= 0.3 is 0 Å². The standard InChI is InChI=1S/C14H18F3N/c1-9(15)10-6-11(14(17)13(16)8-10)7-12-4-2-3-5-18-12/h6,8-9,12,18H,2-5,7H2,1H3. The van der Waals surface area contributed by atoms with Crippen molar-refractivity contribution in [2.45, 2.75) is 44.8 Å². The molecule has 1 saturated heterocycles. The number of alkyl halides is 1. The van der Waals surface area contributed by atoms with E-state index in [1.165, 1.54) is 13.0 Å². The van der Waals surface area contributed by atoms with Gasteiger partial charge < -0.3 is 5.32 Å². The Morgan fingerprint density at radius 3 is 2.72 bits per heavy atom. The fraction of sp³-hybridized carbons (Fsp3) is 0.571. The number of benzene rings is 1. The smallest absolute Gasteiger partial charge is 0.162 e. The lowest BCUT2D eigenvalue weighted by atomic mass is 9.95. The SMILES string of the molecule is CC(F)c1cc(F)c(F)c(CC2CCCCN2)c1. The Hall–Kier alpha value is -1.03. The number of rotatable bonds is 3. The van der Waals surface area contributed by atoms with E-state index < -0.39 is 17.8 Å². The zero-order valence-electron chi connectivity index (χ0n) is 10.5. The highest BCUT2D eigenvalue weighted by molar-refractivity contribution is 5.28. The third kappa shape index (κ3) is 3.05. The van der Waals surface area contributed by atoms with Gasteiger partial charge in [0.05, 0.1) is 0 Å². The van der Waals surface area contributed by atoms with Gasteiger partial charge in [-0.3, -0.25) is 0 Å². The molecule has 0 saturated carbocycles. The first-order valence-corrected chi connectivity index (χ1v) is 6.43. The summed E-state index contributed by atoms with van der Waals surface area (Å²) in [6.45, 7) is 2.24. The van der Waals surface area contributed by atoms with Gasteiger partial charge in [-0.25, -0.2) is 13.2 Å².